The summed E-state index contributed by atoms with van der Waals surface area (Å²) in [5, 5.41) is 2.95. The third-order valence-corrected chi connectivity index (χ3v) is 3.42. The van der Waals surface area contributed by atoms with Gasteiger partial charge in [0.1, 0.15) is 0 Å². The molecule has 0 aromatic heterocycles. The molecule has 2 nitrogen and oxygen atoms in total. The van der Waals surface area contributed by atoms with Crippen LogP contribution in [0.3, 0.4) is 0 Å². The van der Waals surface area contributed by atoms with Crippen molar-refractivity contribution in [3.8, 4) is 0 Å². The van der Waals surface area contributed by atoms with E-state index in [4.69, 9.17) is 0 Å². The number of carbonyl (C=O) groups is 1. The Kier molecular flexibility index (Phi) is 1.85. The lowest BCUT2D eigenvalue weighted by atomic mass is 9.97. The molecule has 1 N–H and O–H groups in total. The zero-order chi connectivity index (χ0) is 8.60. The normalized spacial score (nSPS) is 37.8. The fraction of sp³-hybridized carbons (Fsp3) is 0.900. The molecular weight excluding hydrogens is 150 g/mol. The zero-order valence-electron chi connectivity index (χ0n) is 7.73. The second kappa shape index (κ2) is 2.75. The Balaban J connectivity index is 1.83. The van der Waals surface area contributed by atoms with E-state index < -0.39 is 0 Å². The molecule has 2 rings (SSSR count). The van der Waals surface area contributed by atoms with E-state index in [-0.39, 0.29) is 5.41 Å². The van der Waals surface area contributed by atoms with Crippen LogP contribution in [0.4, 0.5) is 0 Å². The fourth-order valence-electron chi connectivity index (χ4n) is 2.43. The van der Waals surface area contributed by atoms with Gasteiger partial charge in [0, 0.05) is 6.54 Å². The Morgan fingerprint density at radius 3 is 2.92 bits per heavy atom. The van der Waals surface area contributed by atoms with Gasteiger partial charge in [0.2, 0.25) is 5.91 Å². The molecule has 0 aromatic carbocycles. The maximum absolute atomic E-state index is 11.4. The van der Waals surface area contributed by atoms with Gasteiger partial charge >= 0.3 is 0 Å². The summed E-state index contributed by atoms with van der Waals surface area (Å²) in [4.78, 5) is 11.4. The summed E-state index contributed by atoms with van der Waals surface area (Å²) in [6.45, 7) is 3.15. The highest BCUT2D eigenvalue weighted by atomic mass is 16.2. The number of piperidine rings is 1. The summed E-state index contributed by atoms with van der Waals surface area (Å²) in [5.74, 6) is 1.03. The summed E-state index contributed by atoms with van der Waals surface area (Å²) in [6.07, 6.45) is 6.07. The van der Waals surface area contributed by atoms with Crippen molar-refractivity contribution in [1.29, 1.82) is 0 Å². The van der Waals surface area contributed by atoms with Gasteiger partial charge in [-0.1, -0.05) is 26.2 Å². The van der Waals surface area contributed by atoms with Gasteiger partial charge in [0.15, 0.2) is 0 Å². The van der Waals surface area contributed by atoms with Crippen LogP contribution in [0, 0.1) is 11.3 Å². The predicted octanol–water partition coefficient (Wildman–Crippen LogP) is 1.70. The van der Waals surface area contributed by atoms with E-state index in [1.165, 1.54) is 25.7 Å². The van der Waals surface area contributed by atoms with Crippen LogP contribution in [0.2, 0.25) is 0 Å². The van der Waals surface area contributed by atoms with Gasteiger partial charge in [-0.15, -0.1) is 0 Å². The number of hydrogen-bond acceptors (Lipinski definition) is 1. The third-order valence-electron chi connectivity index (χ3n) is 3.42. The van der Waals surface area contributed by atoms with Crippen molar-refractivity contribution in [3.63, 3.8) is 0 Å². The quantitative estimate of drug-likeness (QED) is 0.634. The van der Waals surface area contributed by atoms with E-state index >= 15 is 0 Å². The minimum absolute atomic E-state index is 0.120. The van der Waals surface area contributed by atoms with Crippen LogP contribution >= 0.6 is 0 Å². The minimum Gasteiger partial charge on any atom is -0.355 e. The number of carbonyl (C=O) groups excluding carboxylic acids is 1. The molecule has 0 radical (unpaired) electrons. The summed E-state index contributed by atoms with van der Waals surface area (Å²) in [7, 11) is 0. The maximum atomic E-state index is 11.4. The average Bonchev–Trinajstić information content (AvgIpc) is 2.70. The van der Waals surface area contributed by atoms with Crippen LogP contribution in [0.1, 0.15) is 39.0 Å². The molecule has 2 atom stereocenters. The van der Waals surface area contributed by atoms with Crippen LogP contribution in [0.25, 0.3) is 0 Å². The van der Waals surface area contributed by atoms with Gasteiger partial charge in [0.05, 0.1) is 5.41 Å². The molecule has 1 aliphatic heterocycles. The second-order valence-electron chi connectivity index (χ2n) is 4.22. The first-order valence-corrected chi connectivity index (χ1v) is 5.08. The lowest BCUT2D eigenvalue weighted by Gasteiger charge is -2.08. The first-order valence-electron chi connectivity index (χ1n) is 5.08. The van der Waals surface area contributed by atoms with Crippen molar-refractivity contribution < 1.29 is 4.79 Å². The maximum Gasteiger partial charge on any atom is 0.226 e. The van der Waals surface area contributed by atoms with Gasteiger partial charge < -0.3 is 5.32 Å². The molecule has 1 saturated carbocycles. The topological polar surface area (TPSA) is 29.1 Å². The SMILES string of the molecule is CCCCCC12CC1CNC2=O. The van der Waals surface area contributed by atoms with Gasteiger partial charge in [-0.2, -0.15) is 0 Å². The van der Waals surface area contributed by atoms with Crippen LogP contribution < -0.4 is 5.32 Å². The number of rotatable bonds is 4. The van der Waals surface area contributed by atoms with Crippen molar-refractivity contribution in [2.75, 3.05) is 6.54 Å². The van der Waals surface area contributed by atoms with E-state index in [9.17, 15) is 4.79 Å². The molecule has 2 heteroatoms. The molecule has 1 heterocycles. The molecule has 0 spiro atoms. The second-order valence-corrected chi connectivity index (χ2v) is 4.22. The summed E-state index contributed by atoms with van der Waals surface area (Å²) in [5.41, 5.74) is 0.120. The lowest BCUT2D eigenvalue weighted by molar-refractivity contribution is -0.124. The summed E-state index contributed by atoms with van der Waals surface area (Å²) < 4.78 is 0. The summed E-state index contributed by atoms with van der Waals surface area (Å²) >= 11 is 0. The van der Waals surface area contributed by atoms with Crippen molar-refractivity contribution in [1.82, 2.24) is 5.32 Å². The zero-order valence-corrected chi connectivity index (χ0v) is 7.73. The van der Waals surface area contributed by atoms with E-state index in [1.54, 1.807) is 0 Å². The Morgan fingerprint density at radius 1 is 1.58 bits per heavy atom. The van der Waals surface area contributed by atoms with Crippen molar-refractivity contribution in [3.05, 3.63) is 0 Å². The largest absolute Gasteiger partial charge is 0.355 e. The fourth-order valence-corrected chi connectivity index (χ4v) is 2.43. The smallest absolute Gasteiger partial charge is 0.226 e. The molecular formula is C10H17NO. The van der Waals surface area contributed by atoms with Gasteiger partial charge in [-0.05, 0) is 18.8 Å². The Hall–Kier alpha value is -0.530. The van der Waals surface area contributed by atoms with Crippen LogP contribution in [0.5, 0.6) is 0 Å². The molecule has 1 aliphatic carbocycles. The van der Waals surface area contributed by atoms with Crippen molar-refractivity contribution in [2.24, 2.45) is 11.3 Å². The van der Waals surface area contributed by atoms with Gasteiger partial charge in [-0.3, -0.25) is 4.79 Å². The lowest BCUT2D eigenvalue weighted by Crippen LogP contribution is -2.25. The molecule has 0 aromatic rings. The highest BCUT2D eigenvalue weighted by Crippen LogP contribution is 2.58. The van der Waals surface area contributed by atoms with Crippen LogP contribution in [-0.2, 0) is 4.79 Å². The number of nitrogens with one attached hydrogen (secondary N) is 1. The highest BCUT2D eigenvalue weighted by Gasteiger charge is 2.62. The molecule has 68 valence electrons. The number of unbranched alkanes of at least 4 members (excludes halogenated alkanes) is 2. The summed E-state index contributed by atoms with van der Waals surface area (Å²) in [6, 6.07) is 0. The molecule has 12 heavy (non-hydrogen) atoms. The average molecular weight is 167 g/mol. The Labute approximate surface area is 73.7 Å². The van der Waals surface area contributed by atoms with Gasteiger partial charge in [-0.25, -0.2) is 0 Å². The number of hydrogen-bond donors (Lipinski definition) is 1. The first kappa shape index (κ1) is 8.09. The third kappa shape index (κ3) is 1.05. The van der Waals surface area contributed by atoms with Crippen molar-refractivity contribution >= 4 is 5.91 Å². The van der Waals surface area contributed by atoms with Crippen LogP contribution in [0.15, 0.2) is 0 Å². The first-order chi connectivity index (χ1) is 5.79. The van der Waals surface area contributed by atoms with E-state index in [1.807, 2.05) is 0 Å². The predicted molar refractivity (Wildman–Crippen MR) is 47.7 cm³/mol. The molecule has 1 amide bonds. The monoisotopic (exact) mass is 167 g/mol. The van der Waals surface area contributed by atoms with Crippen LogP contribution in [-0.4, -0.2) is 12.5 Å². The number of fused-ring (bicyclic) bond motifs is 1. The molecule has 2 fully saturated rings. The molecule has 2 aliphatic rings. The van der Waals surface area contributed by atoms with E-state index in [0.29, 0.717) is 11.8 Å². The molecule has 1 saturated heterocycles. The molecule has 2 unspecified atom stereocenters. The number of amides is 1. The van der Waals surface area contributed by atoms with E-state index in [2.05, 4.69) is 12.2 Å². The molecule has 0 bridgehead atoms. The standard InChI is InChI=1S/C10H17NO/c1-2-3-4-5-10-6-8(10)7-11-9(10)12/h8H,2-7H2,1H3,(H,11,12). The highest BCUT2D eigenvalue weighted by molar-refractivity contribution is 5.88. The minimum atomic E-state index is 0.120. The van der Waals surface area contributed by atoms with Gasteiger partial charge in [0.25, 0.3) is 0 Å². The van der Waals surface area contributed by atoms with Crippen molar-refractivity contribution in [2.45, 2.75) is 39.0 Å². The Morgan fingerprint density at radius 2 is 2.42 bits per heavy atom. The Bertz CT molecular complexity index is 202. The van der Waals surface area contributed by atoms with E-state index in [0.717, 1.165) is 13.0 Å².